The highest BCUT2D eigenvalue weighted by atomic mass is 32.1. The summed E-state index contributed by atoms with van der Waals surface area (Å²) in [5.74, 6) is 0. The van der Waals surface area contributed by atoms with Crippen molar-refractivity contribution in [2.75, 3.05) is 0 Å². The first-order valence-corrected chi connectivity index (χ1v) is 5.12. The van der Waals surface area contributed by atoms with E-state index in [-0.39, 0.29) is 4.75 Å². The van der Waals surface area contributed by atoms with Crippen molar-refractivity contribution in [3.63, 3.8) is 0 Å². The van der Waals surface area contributed by atoms with E-state index in [9.17, 15) is 0 Å². The predicted octanol–water partition coefficient (Wildman–Crippen LogP) is 2.36. The predicted molar refractivity (Wildman–Crippen MR) is 53.1 cm³/mol. The van der Waals surface area contributed by atoms with Crippen molar-refractivity contribution in [1.82, 2.24) is 0 Å². The smallest absolute Gasteiger partial charge is 0.0280 e. The molecule has 66 valence electrons. The van der Waals surface area contributed by atoms with Gasteiger partial charge in [-0.2, -0.15) is 12.6 Å². The van der Waals surface area contributed by atoms with Crippen LogP contribution >= 0.6 is 12.6 Å². The summed E-state index contributed by atoms with van der Waals surface area (Å²) in [6.45, 7) is 2.15. The zero-order chi connectivity index (χ0) is 8.32. The van der Waals surface area contributed by atoms with Crippen LogP contribution in [-0.4, -0.2) is 10.8 Å². The van der Waals surface area contributed by atoms with E-state index < -0.39 is 0 Å². The number of hydrogen-bond acceptors (Lipinski definition) is 2. The van der Waals surface area contributed by atoms with Crippen LogP contribution in [-0.2, 0) is 0 Å². The number of rotatable bonds is 2. The van der Waals surface area contributed by atoms with E-state index in [4.69, 9.17) is 18.4 Å². The van der Waals surface area contributed by atoms with E-state index in [1.54, 1.807) is 0 Å². The summed E-state index contributed by atoms with van der Waals surface area (Å²) < 4.78 is 0.160. The molecule has 1 aliphatic carbocycles. The molecule has 1 nitrogen and oxygen atoms in total. The molecule has 0 radical (unpaired) electrons. The second kappa shape index (κ2) is 3.81. The Morgan fingerprint density at radius 2 is 1.91 bits per heavy atom. The van der Waals surface area contributed by atoms with E-state index >= 15 is 0 Å². The maximum absolute atomic E-state index is 6.01. The quantitative estimate of drug-likeness (QED) is 0.616. The molecule has 1 unspecified atom stereocenters. The molecule has 1 saturated carbocycles. The van der Waals surface area contributed by atoms with Crippen LogP contribution in [0.5, 0.6) is 0 Å². The Hall–Kier alpha value is 0.310. The van der Waals surface area contributed by atoms with E-state index in [1.807, 2.05) is 0 Å². The maximum atomic E-state index is 6.01. The molecular formula is C9H19NS. The highest BCUT2D eigenvalue weighted by Crippen LogP contribution is 2.36. The van der Waals surface area contributed by atoms with Crippen LogP contribution in [0.25, 0.3) is 0 Å². The van der Waals surface area contributed by atoms with Crippen LogP contribution < -0.4 is 5.73 Å². The van der Waals surface area contributed by atoms with Gasteiger partial charge in [0, 0.05) is 10.8 Å². The maximum Gasteiger partial charge on any atom is 0.0280 e. The molecule has 1 rings (SSSR count). The molecule has 0 bridgehead atoms. The summed E-state index contributed by atoms with van der Waals surface area (Å²) in [6, 6.07) is 0.297. The first-order chi connectivity index (χ1) is 5.19. The van der Waals surface area contributed by atoms with Crippen LogP contribution in [0.4, 0.5) is 0 Å². The molecule has 1 atom stereocenters. The average Bonchev–Trinajstić information content (AvgIpc) is 2.04. The molecular weight excluding hydrogens is 154 g/mol. The summed E-state index contributed by atoms with van der Waals surface area (Å²) in [6.07, 6.45) is 7.49. The van der Waals surface area contributed by atoms with Crippen LogP contribution in [0.3, 0.4) is 0 Å². The van der Waals surface area contributed by atoms with Crippen LogP contribution in [0.15, 0.2) is 0 Å². The van der Waals surface area contributed by atoms with Crippen molar-refractivity contribution in [2.24, 2.45) is 5.73 Å². The van der Waals surface area contributed by atoms with Gasteiger partial charge in [0.25, 0.3) is 0 Å². The molecule has 0 aromatic heterocycles. The van der Waals surface area contributed by atoms with E-state index in [0.717, 1.165) is 6.42 Å². The van der Waals surface area contributed by atoms with E-state index in [0.29, 0.717) is 6.04 Å². The Bertz CT molecular complexity index is 119. The van der Waals surface area contributed by atoms with Crippen molar-refractivity contribution < 1.29 is 0 Å². The summed E-state index contributed by atoms with van der Waals surface area (Å²) in [5.41, 5.74) is 6.01. The van der Waals surface area contributed by atoms with Gasteiger partial charge >= 0.3 is 0 Å². The van der Waals surface area contributed by atoms with Crippen molar-refractivity contribution in [3.05, 3.63) is 0 Å². The minimum atomic E-state index is 0.160. The summed E-state index contributed by atoms with van der Waals surface area (Å²) >= 11 is 4.70. The van der Waals surface area contributed by atoms with Crippen molar-refractivity contribution in [1.29, 1.82) is 0 Å². The lowest BCUT2D eigenvalue weighted by molar-refractivity contribution is 0.341. The fourth-order valence-electron chi connectivity index (χ4n) is 1.91. The van der Waals surface area contributed by atoms with Crippen molar-refractivity contribution in [3.8, 4) is 0 Å². The second-order valence-corrected chi connectivity index (χ2v) is 4.57. The topological polar surface area (TPSA) is 26.0 Å². The molecule has 2 N–H and O–H groups in total. The summed E-state index contributed by atoms with van der Waals surface area (Å²) in [5, 5.41) is 0. The second-order valence-electron chi connectivity index (χ2n) is 3.68. The molecule has 0 spiro atoms. The third kappa shape index (κ3) is 2.12. The normalized spacial score (nSPS) is 26.5. The van der Waals surface area contributed by atoms with Gasteiger partial charge in [0.1, 0.15) is 0 Å². The lowest BCUT2D eigenvalue weighted by Crippen LogP contribution is -2.44. The minimum absolute atomic E-state index is 0.160. The highest BCUT2D eigenvalue weighted by Gasteiger charge is 2.32. The van der Waals surface area contributed by atoms with Gasteiger partial charge in [-0.05, 0) is 19.3 Å². The Morgan fingerprint density at radius 3 is 2.36 bits per heavy atom. The van der Waals surface area contributed by atoms with Gasteiger partial charge in [-0.1, -0.05) is 26.2 Å². The minimum Gasteiger partial charge on any atom is -0.326 e. The highest BCUT2D eigenvalue weighted by molar-refractivity contribution is 7.81. The number of hydrogen-bond donors (Lipinski definition) is 2. The number of nitrogens with two attached hydrogens (primary N) is 1. The molecule has 0 saturated heterocycles. The summed E-state index contributed by atoms with van der Waals surface area (Å²) in [7, 11) is 0. The van der Waals surface area contributed by atoms with Gasteiger partial charge in [0.2, 0.25) is 0 Å². The largest absolute Gasteiger partial charge is 0.326 e. The third-order valence-corrected chi connectivity index (χ3v) is 3.63. The van der Waals surface area contributed by atoms with E-state index in [1.165, 1.54) is 32.1 Å². The Morgan fingerprint density at radius 1 is 1.36 bits per heavy atom. The van der Waals surface area contributed by atoms with Gasteiger partial charge < -0.3 is 5.73 Å². The van der Waals surface area contributed by atoms with E-state index in [2.05, 4.69) is 6.92 Å². The van der Waals surface area contributed by atoms with Gasteiger partial charge in [-0.3, -0.25) is 0 Å². The summed E-state index contributed by atoms with van der Waals surface area (Å²) in [4.78, 5) is 0. The van der Waals surface area contributed by atoms with Gasteiger partial charge in [-0.15, -0.1) is 0 Å². The van der Waals surface area contributed by atoms with Crippen LogP contribution in [0.2, 0.25) is 0 Å². The molecule has 0 heterocycles. The Kier molecular flexibility index (Phi) is 3.26. The lowest BCUT2D eigenvalue weighted by Gasteiger charge is -2.37. The van der Waals surface area contributed by atoms with Crippen LogP contribution in [0.1, 0.15) is 45.4 Å². The molecule has 0 aliphatic heterocycles. The van der Waals surface area contributed by atoms with Gasteiger partial charge in [0.15, 0.2) is 0 Å². The Labute approximate surface area is 75.1 Å². The van der Waals surface area contributed by atoms with Gasteiger partial charge in [-0.25, -0.2) is 0 Å². The monoisotopic (exact) mass is 173 g/mol. The molecule has 0 aromatic carbocycles. The Balaban J connectivity index is 2.49. The molecule has 11 heavy (non-hydrogen) atoms. The van der Waals surface area contributed by atoms with Crippen LogP contribution in [0, 0.1) is 0 Å². The molecule has 0 aromatic rings. The molecule has 1 fully saturated rings. The lowest BCUT2D eigenvalue weighted by atomic mass is 9.82. The fraction of sp³-hybridized carbons (Fsp3) is 1.00. The zero-order valence-electron chi connectivity index (χ0n) is 7.34. The zero-order valence-corrected chi connectivity index (χ0v) is 8.24. The van der Waals surface area contributed by atoms with Gasteiger partial charge in [0.05, 0.1) is 0 Å². The SMILES string of the molecule is CCC(N)C1(S)CCCCC1. The third-order valence-electron chi connectivity index (χ3n) is 2.85. The standard InChI is InChI=1S/C9H19NS/c1-2-8(10)9(11)6-4-3-5-7-9/h8,11H,2-7,10H2,1H3. The molecule has 0 amide bonds. The first-order valence-electron chi connectivity index (χ1n) is 4.67. The number of thiol groups is 1. The van der Waals surface area contributed by atoms with Crippen molar-refractivity contribution in [2.45, 2.75) is 56.2 Å². The fourth-order valence-corrected chi connectivity index (χ4v) is 2.41. The molecule has 1 aliphatic rings. The van der Waals surface area contributed by atoms with Crippen molar-refractivity contribution >= 4 is 12.6 Å². The molecule has 2 heteroatoms. The first kappa shape index (κ1) is 9.40. The average molecular weight is 173 g/mol.